The summed E-state index contributed by atoms with van der Waals surface area (Å²) in [6.07, 6.45) is 4.77. The highest BCUT2D eigenvalue weighted by Crippen LogP contribution is 2.38. The van der Waals surface area contributed by atoms with Gasteiger partial charge in [-0.15, -0.1) is 0 Å². The predicted octanol–water partition coefficient (Wildman–Crippen LogP) is 6.18. The number of aliphatic hydroxyl groups is 1. The van der Waals surface area contributed by atoms with Gasteiger partial charge in [0.2, 0.25) is 5.89 Å². The van der Waals surface area contributed by atoms with Crippen molar-refractivity contribution in [2.75, 3.05) is 0 Å². The number of aromatic nitrogens is 2. The van der Waals surface area contributed by atoms with Crippen molar-refractivity contribution in [3.63, 3.8) is 0 Å². The predicted molar refractivity (Wildman–Crippen MR) is 123 cm³/mol. The molecule has 0 atom stereocenters. The molecular formula is C26H36N2O2. The summed E-state index contributed by atoms with van der Waals surface area (Å²) >= 11 is 0. The molecule has 162 valence electrons. The fraction of sp³-hybridized carbons (Fsp3) is 0.462. The smallest absolute Gasteiger partial charge is 0.231 e. The van der Waals surface area contributed by atoms with E-state index in [-0.39, 0.29) is 6.10 Å². The first-order valence-electron chi connectivity index (χ1n) is 11.0. The van der Waals surface area contributed by atoms with Crippen molar-refractivity contribution in [1.29, 1.82) is 0 Å². The molecule has 30 heavy (non-hydrogen) atoms. The summed E-state index contributed by atoms with van der Waals surface area (Å²) in [5, 5.41) is 13.2. The van der Waals surface area contributed by atoms with E-state index in [9.17, 15) is 5.11 Å². The first-order chi connectivity index (χ1) is 14.4. The van der Waals surface area contributed by atoms with Gasteiger partial charge in [-0.3, -0.25) is 0 Å². The molecule has 0 unspecified atom stereocenters. The second-order valence-corrected chi connectivity index (χ2v) is 8.06. The van der Waals surface area contributed by atoms with E-state index in [1.807, 2.05) is 26.8 Å². The van der Waals surface area contributed by atoms with Crippen LogP contribution < -0.4 is 0 Å². The summed E-state index contributed by atoms with van der Waals surface area (Å²) in [7, 11) is 0. The highest BCUT2D eigenvalue weighted by molar-refractivity contribution is 5.25. The molecule has 0 spiro atoms. The summed E-state index contributed by atoms with van der Waals surface area (Å²) in [6, 6.07) is 19.0. The molecule has 4 rings (SSSR count). The first-order valence-corrected chi connectivity index (χ1v) is 11.0. The lowest BCUT2D eigenvalue weighted by Gasteiger charge is -2.36. The number of aliphatic hydroxyl groups excluding tert-OH is 1. The molecule has 1 N–H and O–H groups in total. The van der Waals surface area contributed by atoms with Crippen LogP contribution in [0.3, 0.4) is 0 Å². The number of nitrogens with zero attached hydrogens (tertiary/aromatic N) is 2. The van der Waals surface area contributed by atoms with Gasteiger partial charge in [0.15, 0.2) is 5.82 Å². The molecule has 2 aromatic carbocycles. The molecule has 0 amide bonds. The maximum Gasteiger partial charge on any atom is 0.231 e. The van der Waals surface area contributed by atoms with E-state index in [0.717, 1.165) is 25.7 Å². The van der Waals surface area contributed by atoms with Gasteiger partial charge in [0.05, 0.1) is 12.5 Å². The Morgan fingerprint density at radius 2 is 1.67 bits per heavy atom. The van der Waals surface area contributed by atoms with Crippen LogP contribution in [0, 0.1) is 13.8 Å². The van der Waals surface area contributed by atoms with E-state index in [0.29, 0.717) is 23.6 Å². The Bertz CT molecular complexity index is 866. The van der Waals surface area contributed by atoms with Gasteiger partial charge in [0, 0.05) is 0 Å². The third kappa shape index (κ3) is 7.10. The minimum absolute atomic E-state index is 0.0632. The van der Waals surface area contributed by atoms with Gasteiger partial charge in [-0.25, -0.2) is 0 Å². The largest absolute Gasteiger partial charge is 0.393 e. The quantitative estimate of drug-likeness (QED) is 0.562. The summed E-state index contributed by atoms with van der Waals surface area (Å²) in [4.78, 5) is 4.16. The fourth-order valence-electron chi connectivity index (χ4n) is 3.78. The minimum atomic E-state index is -0.0632. The van der Waals surface area contributed by atoms with E-state index in [4.69, 9.17) is 4.52 Å². The Hall–Kier alpha value is -2.46. The second kappa shape index (κ2) is 11.7. The van der Waals surface area contributed by atoms with Crippen molar-refractivity contribution >= 4 is 0 Å². The van der Waals surface area contributed by atoms with E-state index in [1.54, 1.807) is 0 Å². The van der Waals surface area contributed by atoms with Gasteiger partial charge in [-0.2, -0.15) is 4.98 Å². The monoisotopic (exact) mass is 408 g/mol. The van der Waals surface area contributed by atoms with Gasteiger partial charge in [0.1, 0.15) is 0 Å². The zero-order chi connectivity index (χ0) is 22.0. The van der Waals surface area contributed by atoms with Crippen LogP contribution in [0.15, 0.2) is 59.1 Å². The lowest BCUT2D eigenvalue weighted by Crippen LogP contribution is -2.30. The lowest BCUT2D eigenvalue weighted by molar-refractivity contribution is 0.100. The lowest BCUT2D eigenvalue weighted by atomic mass is 9.70. The third-order valence-corrected chi connectivity index (χ3v) is 5.54. The summed E-state index contributed by atoms with van der Waals surface area (Å²) in [5.74, 6) is 1.36. The molecule has 1 aromatic heterocycles. The molecule has 0 aliphatic heterocycles. The van der Waals surface area contributed by atoms with Crippen LogP contribution in [0.25, 0.3) is 0 Å². The molecule has 4 heteroatoms. The van der Waals surface area contributed by atoms with E-state index >= 15 is 0 Å². The molecule has 1 aliphatic carbocycles. The Kier molecular flexibility index (Phi) is 9.25. The average Bonchev–Trinajstić information content (AvgIpc) is 3.17. The van der Waals surface area contributed by atoms with Crippen LogP contribution in [-0.4, -0.2) is 21.4 Å². The molecule has 0 saturated heterocycles. The number of aryl methyl sites for hydroxylation is 2. The minimum Gasteiger partial charge on any atom is -0.393 e. The maximum absolute atomic E-state index is 9.49. The van der Waals surface area contributed by atoms with E-state index in [2.05, 4.69) is 72.5 Å². The zero-order valence-corrected chi connectivity index (χ0v) is 19.1. The van der Waals surface area contributed by atoms with Crippen LogP contribution in [0.4, 0.5) is 0 Å². The normalized spacial score (nSPS) is 20.4. The summed E-state index contributed by atoms with van der Waals surface area (Å²) < 4.78 is 5.05. The summed E-state index contributed by atoms with van der Waals surface area (Å²) in [6.45, 7) is 10.2. The zero-order valence-electron chi connectivity index (χ0n) is 19.1. The average molecular weight is 409 g/mol. The Morgan fingerprint density at radius 1 is 1.00 bits per heavy atom. The molecule has 1 heterocycles. The molecule has 1 saturated carbocycles. The van der Waals surface area contributed by atoms with Crippen LogP contribution in [0.5, 0.6) is 0 Å². The number of hydrogen-bond acceptors (Lipinski definition) is 4. The van der Waals surface area contributed by atoms with Gasteiger partial charge in [-0.05, 0) is 56.1 Å². The molecule has 3 aromatic rings. The molecular weight excluding hydrogens is 372 g/mol. The maximum atomic E-state index is 9.49. The van der Waals surface area contributed by atoms with E-state index < -0.39 is 0 Å². The Labute approximate surface area is 181 Å². The van der Waals surface area contributed by atoms with Crippen LogP contribution >= 0.6 is 0 Å². The Morgan fingerprint density at radius 3 is 2.23 bits per heavy atom. The molecule has 1 aliphatic rings. The van der Waals surface area contributed by atoms with Crippen molar-refractivity contribution in [3.05, 3.63) is 83.0 Å². The second-order valence-electron chi connectivity index (χ2n) is 8.06. The van der Waals surface area contributed by atoms with Crippen LogP contribution in [0.2, 0.25) is 0 Å². The van der Waals surface area contributed by atoms with Gasteiger partial charge >= 0.3 is 0 Å². The van der Waals surface area contributed by atoms with Crippen molar-refractivity contribution in [3.8, 4) is 0 Å². The standard InChI is InChI=1S/C13H18O.C11H12N2O.C2H6/c1-13(9-7-12(14)8-10-13)11-5-3-2-4-6-11;1-8-4-3-5-10(6-8)7-11-12-9(2)13-14-11;1-2/h2-6,12,14H,7-10H2,1H3;3-6H,7H2,1-2H3;1-2H3. The Balaban J connectivity index is 0.000000197. The summed E-state index contributed by atoms with van der Waals surface area (Å²) in [5.41, 5.74) is 4.17. The number of rotatable bonds is 3. The molecule has 1 fully saturated rings. The molecule has 0 bridgehead atoms. The topological polar surface area (TPSA) is 59.2 Å². The van der Waals surface area contributed by atoms with Gasteiger partial charge in [-0.1, -0.05) is 86.1 Å². The van der Waals surface area contributed by atoms with Gasteiger partial charge in [0.25, 0.3) is 0 Å². The van der Waals surface area contributed by atoms with E-state index in [1.165, 1.54) is 16.7 Å². The third-order valence-electron chi connectivity index (χ3n) is 5.54. The first kappa shape index (κ1) is 23.8. The van der Waals surface area contributed by atoms with Crippen LogP contribution in [-0.2, 0) is 11.8 Å². The molecule has 0 radical (unpaired) electrons. The van der Waals surface area contributed by atoms with Crippen molar-refractivity contribution in [2.24, 2.45) is 0 Å². The molecule has 4 nitrogen and oxygen atoms in total. The van der Waals surface area contributed by atoms with Crippen molar-refractivity contribution < 1.29 is 9.63 Å². The fourth-order valence-corrected chi connectivity index (χ4v) is 3.78. The number of hydrogen-bond donors (Lipinski definition) is 1. The van der Waals surface area contributed by atoms with Crippen molar-refractivity contribution in [1.82, 2.24) is 10.1 Å². The SMILES string of the molecule is CC.CC1(c2ccccc2)CCC(O)CC1.Cc1cccc(Cc2nc(C)no2)c1. The highest BCUT2D eigenvalue weighted by atomic mass is 16.5. The van der Waals surface area contributed by atoms with Gasteiger partial charge < -0.3 is 9.63 Å². The van der Waals surface area contributed by atoms with Crippen LogP contribution in [0.1, 0.15) is 74.9 Å². The highest BCUT2D eigenvalue weighted by Gasteiger charge is 2.31. The number of benzene rings is 2. The van der Waals surface area contributed by atoms with Crippen molar-refractivity contribution in [2.45, 2.75) is 78.2 Å².